The van der Waals surface area contributed by atoms with Gasteiger partial charge in [0, 0.05) is 6.42 Å². The largest absolute Gasteiger partial charge is 0.342 e. The molecule has 3 nitrogen and oxygen atoms in total. The fourth-order valence-corrected chi connectivity index (χ4v) is 1.59. The standard InChI is InChI=1S/C14H28O3/c1-6-7-14(15)17-16-10-13(12(4)5)9-8-11(2)3/h11-13H,6-10H2,1-5H3. The van der Waals surface area contributed by atoms with E-state index >= 15 is 0 Å². The first-order valence-electron chi connectivity index (χ1n) is 6.79. The van der Waals surface area contributed by atoms with Gasteiger partial charge in [-0.15, -0.1) is 0 Å². The van der Waals surface area contributed by atoms with Crippen LogP contribution >= 0.6 is 0 Å². The average Bonchev–Trinajstić information content (AvgIpc) is 2.22. The van der Waals surface area contributed by atoms with E-state index in [1.165, 1.54) is 6.42 Å². The van der Waals surface area contributed by atoms with E-state index in [4.69, 9.17) is 9.78 Å². The van der Waals surface area contributed by atoms with Gasteiger partial charge in [-0.2, -0.15) is 4.89 Å². The normalized spacial score (nSPS) is 13.1. The molecule has 102 valence electrons. The van der Waals surface area contributed by atoms with Crippen molar-refractivity contribution in [2.75, 3.05) is 6.61 Å². The van der Waals surface area contributed by atoms with Crippen LogP contribution in [0.5, 0.6) is 0 Å². The third-order valence-corrected chi connectivity index (χ3v) is 2.95. The second-order valence-corrected chi connectivity index (χ2v) is 5.47. The first kappa shape index (κ1) is 16.4. The zero-order valence-corrected chi connectivity index (χ0v) is 12.0. The maximum Gasteiger partial charge on any atom is 0.342 e. The Hall–Kier alpha value is -0.570. The average molecular weight is 244 g/mol. The van der Waals surface area contributed by atoms with Crippen LogP contribution in [0.4, 0.5) is 0 Å². The Morgan fingerprint density at radius 3 is 2.24 bits per heavy atom. The van der Waals surface area contributed by atoms with E-state index < -0.39 is 0 Å². The molecule has 0 bridgehead atoms. The van der Waals surface area contributed by atoms with Crippen LogP contribution in [0.1, 0.15) is 60.3 Å². The number of carbonyl (C=O) groups excluding carboxylic acids is 1. The van der Waals surface area contributed by atoms with Crippen molar-refractivity contribution in [1.29, 1.82) is 0 Å². The van der Waals surface area contributed by atoms with Crippen molar-refractivity contribution < 1.29 is 14.6 Å². The van der Waals surface area contributed by atoms with Gasteiger partial charge < -0.3 is 0 Å². The van der Waals surface area contributed by atoms with Crippen LogP contribution in [0.25, 0.3) is 0 Å². The highest BCUT2D eigenvalue weighted by Gasteiger charge is 2.15. The minimum atomic E-state index is -0.265. The molecule has 0 aromatic carbocycles. The van der Waals surface area contributed by atoms with Crippen LogP contribution in [-0.4, -0.2) is 12.6 Å². The van der Waals surface area contributed by atoms with E-state index in [-0.39, 0.29) is 5.97 Å². The van der Waals surface area contributed by atoms with Gasteiger partial charge >= 0.3 is 5.97 Å². The molecule has 0 fully saturated rings. The van der Waals surface area contributed by atoms with Crippen LogP contribution in [0, 0.1) is 17.8 Å². The van der Waals surface area contributed by atoms with Gasteiger partial charge in [0.25, 0.3) is 0 Å². The molecule has 0 heterocycles. The summed E-state index contributed by atoms with van der Waals surface area (Å²) in [5.74, 6) is 1.46. The molecule has 0 aromatic heterocycles. The topological polar surface area (TPSA) is 35.5 Å². The quantitative estimate of drug-likeness (QED) is 0.455. The predicted octanol–water partition coefficient (Wildman–Crippen LogP) is 3.97. The molecule has 0 saturated carbocycles. The van der Waals surface area contributed by atoms with E-state index in [1.807, 2.05) is 6.92 Å². The summed E-state index contributed by atoms with van der Waals surface area (Å²) in [6.45, 7) is 11.3. The van der Waals surface area contributed by atoms with Crippen LogP contribution < -0.4 is 0 Å². The zero-order chi connectivity index (χ0) is 13.3. The Morgan fingerprint density at radius 1 is 1.12 bits per heavy atom. The third kappa shape index (κ3) is 9.16. The van der Waals surface area contributed by atoms with Gasteiger partial charge in [0.05, 0.1) is 6.61 Å². The second-order valence-electron chi connectivity index (χ2n) is 5.47. The summed E-state index contributed by atoms with van der Waals surface area (Å²) in [5, 5.41) is 0. The number of rotatable bonds is 9. The molecule has 0 aromatic rings. The molecule has 1 unspecified atom stereocenters. The smallest absolute Gasteiger partial charge is 0.298 e. The zero-order valence-electron chi connectivity index (χ0n) is 12.0. The minimum absolute atomic E-state index is 0.265. The molecule has 0 aliphatic heterocycles. The van der Waals surface area contributed by atoms with Crippen LogP contribution in [0.2, 0.25) is 0 Å². The lowest BCUT2D eigenvalue weighted by atomic mass is 9.89. The van der Waals surface area contributed by atoms with E-state index in [1.54, 1.807) is 0 Å². The van der Waals surface area contributed by atoms with Crippen molar-refractivity contribution in [3.8, 4) is 0 Å². The van der Waals surface area contributed by atoms with Crippen molar-refractivity contribution >= 4 is 5.97 Å². The van der Waals surface area contributed by atoms with Gasteiger partial charge in [-0.3, -0.25) is 4.89 Å². The third-order valence-electron chi connectivity index (χ3n) is 2.95. The fourth-order valence-electron chi connectivity index (χ4n) is 1.59. The molecule has 17 heavy (non-hydrogen) atoms. The van der Waals surface area contributed by atoms with E-state index in [0.29, 0.717) is 30.8 Å². The molecule has 0 N–H and O–H groups in total. The Morgan fingerprint density at radius 2 is 1.76 bits per heavy atom. The Kier molecular flexibility index (Phi) is 9.14. The molecule has 0 radical (unpaired) electrons. The molecule has 0 spiro atoms. The minimum Gasteiger partial charge on any atom is -0.298 e. The lowest BCUT2D eigenvalue weighted by Crippen LogP contribution is -2.18. The highest BCUT2D eigenvalue weighted by molar-refractivity contribution is 5.68. The van der Waals surface area contributed by atoms with Gasteiger partial charge in [-0.25, -0.2) is 4.79 Å². The molecule has 0 rings (SSSR count). The van der Waals surface area contributed by atoms with Gasteiger partial charge in [0.15, 0.2) is 0 Å². The highest BCUT2D eigenvalue weighted by atomic mass is 17.2. The molecule has 0 aliphatic rings. The Bertz CT molecular complexity index is 200. The molecule has 0 saturated heterocycles. The molecule has 0 amide bonds. The molecule has 1 atom stereocenters. The summed E-state index contributed by atoms with van der Waals surface area (Å²) >= 11 is 0. The summed E-state index contributed by atoms with van der Waals surface area (Å²) in [7, 11) is 0. The summed E-state index contributed by atoms with van der Waals surface area (Å²) in [6.07, 6.45) is 3.54. The van der Waals surface area contributed by atoms with Crippen molar-refractivity contribution in [1.82, 2.24) is 0 Å². The monoisotopic (exact) mass is 244 g/mol. The van der Waals surface area contributed by atoms with E-state index in [2.05, 4.69) is 27.7 Å². The number of hydrogen-bond acceptors (Lipinski definition) is 3. The van der Waals surface area contributed by atoms with Gasteiger partial charge in [0.1, 0.15) is 0 Å². The first-order chi connectivity index (χ1) is 7.97. The van der Waals surface area contributed by atoms with Gasteiger partial charge in [0.2, 0.25) is 0 Å². The SMILES string of the molecule is CCCC(=O)OOCC(CCC(C)C)C(C)C. The summed E-state index contributed by atoms with van der Waals surface area (Å²) in [6, 6.07) is 0. The Labute approximate surface area is 106 Å². The maximum absolute atomic E-state index is 11.1. The van der Waals surface area contributed by atoms with E-state index in [0.717, 1.165) is 12.8 Å². The first-order valence-corrected chi connectivity index (χ1v) is 6.79. The van der Waals surface area contributed by atoms with Gasteiger partial charge in [-0.1, -0.05) is 41.0 Å². The summed E-state index contributed by atoms with van der Waals surface area (Å²) in [5.41, 5.74) is 0. The van der Waals surface area contributed by atoms with Crippen molar-refractivity contribution in [2.45, 2.75) is 60.3 Å². The molecular weight excluding hydrogens is 216 g/mol. The van der Waals surface area contributed by atoms with E-state index in [9.17, 15) is 4.79 Å². The number of hydrogen-bond donors (Lipinski definition) is 0. The van der Waals surface area contributed by atoms with Gasteiger partial charge in [-0.05, 0) is 30.6 Å². The highest BCUT2D eigenvalue weighted by Crippen LogP contribution is 2.20. The summed E-state index contributed by atoms with van der Waals surface area (Å²) < 4.78 is 0. The molecule has 0 aliphatic carbocycles. The van der Waals surface area contributed by atoms with Crippen LogP contribution in [0.3, 0.4) is 0 Å². The lowest BCUT2D eigenvalue weighted by molar-refractivity contribution is -0.280. The van der Waals surface area contributed by atoms with Crippen molar-refractivity contribution in [3.05, 3.63) is 0 Å². The maximum atomic E-state index is 11.1. The lowest BCUT2D eigenvalue weighted by Gasteiger charge is -2.20. The predicted molar refractivity (Wildman–Crippen MR) is 69.4 cm³/mol. The second kappa shape index (κ2) is 9.46. The van der Waals surface area contributed by atoms with Crippen molar-refractivity contribution in [3.63, 3.8) is 0 Å². The fraction of sp³-hybridized carbons (Fsp3) is 0.929. The number of carbonyl (C=O) groups is 1. The van der Waals surface area contributed by atoms with Crippen LogP contribution in [0.15, 0.2) is 0 Å². The van der Waals surface area contributed by atoms with Crippen LogP contribution in [-0.2, 0) is 14.6 Å². The summed E-state index contributed by atoms with van der Waals surface area (Å²) in [4.78, 5) is 20.9. The van der Waals surface area contributed by atoms with Crippen molar-refractivity contribution in [2.24, 2.45) is 17.8 Å². The Balaban J connectivity index is 3.81. The molecule has 3 heteroatoms. The molecular formula is C14H28O3.